The van der Waals surface area contributed by atoms with Gasteiger partial charge in [-0.15, -0.1) is 0 Å². The molecular formula is C12H9NaO2. The van der Waals surface area contributed by atoms with Crippen molar-refractivity contribution in [3.05, 3.63) is 54.1 Å². The normalized spacial score (nSPS) is 14.5. The fourth-order valence-corrected chi connectivity index (χ4v) is 1.35. The Morgan fingerprint density at radius 3 is 2.27 bits per heavy atom. The van der Waals surface area contributed by atoms with E-state index < -0.39 is 0 Å². The summed E-state index contributed by atoms with van der Waals surface area (Å²) in [5.74, 6) is -0.251. The zero-order valence-corrected chi connectivity index (χ0v) is 10.4. The summed E-state index contributed by atoms with van der Waals surface area (Å²) < 4.78 is 0. The van der Waals surface area contributed by atoms with Gasteiger partial charge in [-0.2, -0.15) is 0 Å². The molecule has 0 saturated heterocycles. The van der Waals surface area contributed by atoms with Gasteiger partial charge in [-0.05, 0) is 23.8 Å². The molecular weight excluding hydrogens is 199 g/mol. The van der Waals surface area contributed by atoms with Crippen molar-refractivity contribution in [1.29, 1.82) is 0 Å². The summed E-state index contributed by atoms with van der Waals surface area (Å²) >= 11 is 0. The summed E-state index contributed by atoms with van der Waals surface area (Å²) in [7, 11) is 0. The average molecular weight is 208 g/mol. The van der Waals surface area contributed by atoms with Gasteiger partial charge in [0, 0.05) is 5.57 Å². The first-order valence-corrected chi connectivity index (χ1v) is 4.31. The van der Waals surface area contributed by atoms with Gasteiger partial charge in [-0.1, -0.05) is 30.3 Å². The van der Waals surface area contributed by atoms with E-state index in [2.05, 4.69) is 0 Å². The van der Waals surface area contributed by atoms with E-state index >= 15 is 0 Å². The first-order valence-electron chi connectivity index (χ1n) is 4.31. The summed E-state index contributed by atoms with van der Waals surface area (Å²) in [6.07, 6.45) is 3.97. The van der Waals surface area contributed by atoms with Crippen LogP contribution in [-0.2, 0) is 9.59 Å². The summed E-state index contributed by atoms with van der Waals surface area (Å²) in [6.45, 7) is 0. The summed E-state index contributed by atoms with van der Waals surface area (Å²) in [5.41, 5.74) is 1.26. The van der Waals surface area contributed by atoms with Gasteiger partial charge in [-0.25, -0.2) is 0 Å². The van der Waals surface area contributed by atoms with Gasteiger partial charge in [0.1, 0.15) is 0 Å². The summed E-state index contributed by atoms with van der Waals surface area (Å²) in [4.78, 5) is 22.5. The summed E-state index contributed by atoms with van der Waals surface area (Å²) in [6, 6.07) is 9.18. The number of ketones is 2. The van der Waals surface area contributed by atoms with Crippen molar-refractivity contribution < 1.29 is 40.6 Å². The van der Waals surface area contributed by atoms with Crippen molar-refractivity contribution in [3.63, 3.8) is 0 Å². The molecule has 0 heterocycles. The quantitative estimate of drug-likeness (QED) is 0.433. The topological polar surface area (TPSA) is 34.1 Å². The molecule has 0 saturated carbocycles. The standard InChI is InChI=1S/C12H8O2.Na.H/c13-10-6-7-12(14)11(8-10)9-4-2-1-3-5-9;;/h1-8H;;/q;+1;-1. The van der Waals surface area contributed by atoms with Crippen molar-refractivity contribution in [3.8, 4) is 0 Å². The van der Waals surface area contributed by atoms with Gasteiger partial charge in [0.05, 0.1) is 0 Å². The van der Waals surface area contributed by atoms with Crippen LogP contribution in [0.3, 0.4) is 0 Å². The Kier molecular flexibility index (Phi) is 4.21. The smallest absolute Gasteiger partial charge is 1.00 e. The molecule has 0 bridgehead atoms. The second kappa shape index (κ2) is 5.21. The number of benzene rings is 1. The number of hydrogen-bond acceptors (Lipinski definition) is 2. The van der Waals surface area contributed by atoms with E-state index in [1.807, 2.05) is 30.3 Å². The molecule has 1 aromatic carbocycles. The molecule has 1 aliphatic rings. The molecule has 0 N–H and O–H groups in total. The Hall–Kier alpha value is -0.960. The third-order valence-corrected chi connectivity index (χ3v) is 2.04. The number of rotatable bonds is 1. The Balaban J connectivity index is 0.00000112. The predicted octanol–water partition coefficient (Wildman–Crippen LogP) is -1.11. The molecule has 3 heteroatoms. The molecule has 0 spiro atoms. The van der Waals surface area contributed by atoms with Crippen LogP contribution in [0.5, 0.6) is 0 Å². The van der Waals surface area contributed by atoms with Crippen LogP contribution in [0, 0.1) is 0 Å². The number of carbonyl (C=O) groups excluding carboxylic acids is 2. The predicted molar refractivity (Wildman–Crippen MR) is 54.7 cm³/mol. The van der Waals surface area contributed by atoms with Gasteiger partial charge < -0.3 is 1.43 Å². The molecule has 0 aromatic heterocycles. The zero-order valence-electron chi connectivity index (χ0n) is 9.44. The van der Waals surface area contributed by atoms with Gasteiger partial charge in [0.2, 0.25) is 0 Å². The molecule has 1 aromatic rings. The van der Waals surface area contributed by atoms with Crippen LogP contribution in [-0.4, -0.2) is 11.6 Å². The van der Waals surface area contributed by atoms with E-state index in [4.69, 9.17) is 0 Å². The number of allylic oxidation sites excluding steroid dienone is 4. The molecule has 0 unspecified atom stereocenters. The first-order chi connectivity index (χ1) is 6.77. The van der Waals surface area contributed by atoms with Gasteiger partial charge in [0.25, 0.3) is 0 Å². The maximum absolute atomic E-state index is 11.4. The average Bonchev–Trinajstić information content (AvgIpc) is 2.23. The monoisotopic (exact) mass is 208 g/mol. The van der Waals surface area contributed by atoms with E-state index in [1.165, 1.54) is 18.2 Å². The fraction of sp³-hybridized carbons (Fsp3) is 0. The van der Waals surface area contributed by atoms with Crippen molar-refractivity contribution in [1.82, 2.24) is 0 Å². The minimum atomic E-state index is -0.136. The van der Waals surface area contributed by atoms with Crippen LogP contribution < -0.4 is 29.6 Å². The molecule has 2 nitrogen and oxygen atoms in total. The Morgan fingerprint density at radius 2 is 1.60 bits per heavy atom. The van der Waals surface area contributed by atoms with Gasteiger partial charge in [-0.3, -0.25) is 9.59 Å². The maximum atomic E-state index is 11.4. The van der Waals surface area contributed by atoms with Crippen LogP contribution in [0.4, 0.5) is 0 Å². The second-order valence-corrected chi connectivity index (χ2v) is 3.02. The minimum Gasteiger partial charge on any atom is -1.00 e. The number of hydrogen-bond donors (Lipinski definition) is 0. The molecule has 70 valence electrons. The molecule has 2 rings (SSSR count). The molecule has 15 heavy (non-hydrogen) atoms. The molecule has 0 aliphatic heterocycles. The van der Waals surface area contributed by atoms with Crippen LogP contribution in [0.1, 0.15) is 6.99 Å². The summed E-state index contributed by atoms with van der Waals surface area (Å²) in [5, 5.41) is 0. The second-order valence-electron chi connectivity index (χ2n) is 3.02. The molecule has 1 aliphatic carbocycles. The van der Waals surface area contributed by atoms with Crippen molar-refractivity contribution in [2.75, 3.05) is 0 Å². The van der Waals surface area contributed by atoms with Crippen LogP contribution >= 0.6 is 0 Å². The molecule has 0 radical (unpaired) electrons. The van der Waals surface area contributed by atoms with Gasteiger partial charge in [0.15, 0.2) is 11.6 Å². The molecule has 0 amide bonds. The van der Waals surface area contributed by atoms with E-state index in [1.54, 1.807) is 0 Å². The molecule has 0 fully saturated rings. The van der Waals surface area contributed by atoms with E-state index in [0.29, 0.717) is 5.57 Å². The van der Waals surface area contributed by atoms with Crippen LogP contribution in [0.2, 0.25) is 0 Å². The first kappa shape index (κ1) is 12.1. The molecule has 0 atom stereocenters. The fourth-order valence-electron chi connectivity index (χ4n) is 1.35. The maximum Gasteiger partial charge on any atom is 1.00 e. The Morgan fingerprint density at radius 1 is 0.933 bits per heavy atom. The van der Waals surface area contributed by atoms with Crippen molar-refractivity contribution in [2.24, 2.45) is 0 Å². The van der Waals surface area contributed by atoms with E-state index in [-0.39, 0.29) is 42.6 Å². The van der Waals surface area contributed by atoms with E-state index in [0.717, 1.165) is 5.56 Å². The SMILES string of the molecule is O=C1C=CC(=O)C(c2ccccc2)=C1.[H-].[Na+]. The van der Waals surface area contributed by atoms with Gasteiger partial charge >= 0.3 is 29.6 Å². The number of carbonyl (C=O) groups is 2. The van der Waals surface area contributed by atoms with Crippen molar-refractivity contribution in [2.45, 2.75) is 0 Å². The van der Waals surface area contributed by atoms with E-state index in [9.17, 15) is 9.59 Å². The van der Waals surface area contributed by atoms with Crippen molar-refractivity contribution >= 4 is 17.1 Å². The van der Waals surface area contributed by atoms with Crippen LogP contribution in [0.25, 0.3) is 5.57 Å². The third kappa shape index (κ3) is 2.75. The van der Waals surface area contributed by atoms with Crippen LogP contribution in [0.15, 0.2) is 48.6 Å². The zero-order chi connectivity index (χ0) is 9.97. The Bertz CT molecular complexity index is 449. The Labute approximate surface area is 111 Å². The minimum absolute atomic E-state index is 0. The third-order valence-electron chi connectivity index (χ3n) is 2.04. The largest absolute Gasteiger partial charge is 1.00 e.